The van der Waals surface area contributed by atoms with Crippen LogP contribution in [0.5, 0.6) is 0 Å². The van der Waals surface area contributed by atoms with Gasteiger partial charge in [-0.2, -0.15) is 0 Å². The van der Waals surface area contributed by atoms with Gasteiger partial charge in [-0.3, -0.25) is 4.79 Å². The van der Waals surface area contributed by atoms with Crippen LogP contribution in [0, 0.1) is 11.3 Å². The summed E-state index contributed by atoms with van der Waals surface area (Å²) in [6, 6.07) is 0.379. The van der Waals surface area contributed by atoms with Crippen LogP contribution in [0.4, 0.5) is 0 Å². The summed E-state index contributed by atoms with van der Waals surface area (Å²) >= 11 is 0. The van der Waals surface area contributed by atoms with E-state index >= 15 is 0 Å². The van der Waals surface area contributed by atoms with Gasteiger partial charge in [0.2, 0.25) is 5.91 Å². The van der Waals surface area contributed by atoms with Crippen molar-refractivity contribution in [2.24, 2.45) is 11.3 Å². The van der Waals surface area contributed by atoms with Gasteiger partial charge in [0.15, 0.2) is 0 Å². The molecule has 1 rings (SSSR count). The Labute approximate surface area is 74.7 Å². The van der Waals surface area contributed by atoms with Crippen LogP contribution >= 0.6 is 0 Å². The molecular weight excluding hydrogens is 150 g/mol. The summed E-state index contributed by atoms with van der Waals surface area (Å²) in [4.78, 5) is 11.4. The first-order chi connectivity index (χ1) is 5.38. The molecule has 70 valence electrons. The van der Waals surface area contributed by atoms with Crippen LogP contribution in [0.3, 0.4) is 0 Å². The smallest absolute Gasteiger partial charge is 0.223 e. The molecule has 0 spiro atoms. The van der Waals surface area contributed by atoms with E-state index in [9.17, 15) is 4.79 Å². The van der Waals surface area contributed by atoms with Crippen molar-refractivity contribution < 1.29 is 4.79 Å². The average molecular weight is 169 g/mol. The summed E-state index contributed by atoms with van der Waals surface area (Å²) in [6.07, 6.45) is 2.01. The largest absolute Gasteiger partial charge is 0.353 e. The Morgan fingerprint density at radius 2 is 2.08 bits per heavy atom. The lowest BCUT2D eigenvalue weighted by molar-refractivity contribution is -0.123. The fraction of sp³-hybridized carbons (Fsp3) is 0.900. The molecule has 2 unspecified atom stereocenters. The van der Waals surface area contributed by atoms with Crippen molar-refractivity contribution in [3.05, 3.63) is 0 Å². The maximum atomic E-state index is 11.4. The summed E-state index contributed by atoms with van der Waals surface area (Å²) in [5.74, 6) is 0.498. The third-order valence-electron chi connectivity index (χ3n) is 2.26. The van der Waals surface area contributed by atoms with E-state index in [0.29, 0.717) is 6.04 Å². The van der Waals surface area contributed by atoms with Crippen molar-refractivity contribution in [1.82, 2.24) is 5.32 Å². The van der Waals surface area contributed by atoms with E-state index in [1.54, 1.807) is 0 Å². The molecule has 12 heavy (non-hydrogen) atoms. The highest BCUT2D eigenvalue weighted by atomic mass is 16.2. The zero-order valence-corrected chi connectivity index (χ0v) is 8.48. The summed E-state index contributed by atoms with van der Waals surface area (Å²) in [5, 5.41) is 2.95. The zero-order valence-electron chi connectivity index (χ0n) is 8.48. The Kier molecular flexibility index (Phi) is 2.45. The summed E-state index contributed by atoms with van der Waals surface area (Å²) in [6.45, 7) is 8.62. The van der Waals surface area contributed by atoms with Crippen molar-refractivity contribution in [2.45, 2.75) is 46.6 Å². The van der Waals surface area contributed by atoms with E-state index in [1.807, 2.05) is 0 Å². The van der Waals surface area contributed by atoms with E-state index < -0.39 is 0 Å². The first-order valence-corrected chi connectivity index (χ1v) is 4.69. The normalized spacial score (nSPS) is 30.5. The van der Waals surface area contributed by atoms with Gasteiger partial charge in [0.25, 0.3) is 0 Å². The highest BCUT2D eigenvalue weighted by molar-refractivity contribution is 5.81. The molecule has 1 amide bonds. The second-order valence-corrected chi connectivity index (χ2v) is 5.11. The summed E-state index contributed by atoms with van der Waals surface area (Å²) < 4.78 is 0. The molecule has 0 radical (unpaired) electrons. The summed E-state index contributed by atoms with van der Waals surface area (Å²) in [7, 11) is 0. The molecule has 2 atom stereocenters. The molecule has 1 aliphatic heterocycles. The van der Waals surface area contributed by atoms with Gasteiger partial charge in [-0.25, -0.2) is 0 Å². The zero-order chi connectivity index (χ0) is 9.35. The van der Waals surface area contributed by atoms with E-state index in [-0.39, 0.29) is 17.2 Å². The Hall–Kier alpha value is -0.530. The minimum atomic E-state index is 0.248. The van der Waals surface area contributed by atoms with Gasteiger partial charge in [-0.1, -0.05) is 20.8 Å². The van der Waals surface area contributed by atoms with E-state index in [1.165, 1.54) is 0 Å². The van der Waals surface area contributed by atoms with Crippen LogP contribution in [0.1, 0.15) is 40.5 Å². The third kappa shape index (κ3) is 2.50. The van der Waals surface area contributed by atoms with Crippen molar-refractivity contribution in [3.63, 3.8) is 0 Å². The molecule has 1 N–H and O–H groups in total. The maximum absolute atomic E-state index is 11.4. The van der Waals surface area contributed by atoms with E-state index in [2.05, 4.69) is 33.0 Å². The fourth-order valence-corrected chi connectivity index (χ4v) is 1.87. The lowest BCUT2D eigenvalue weighted by Crippen LogP contribution is -2.25. The number of hydrogen-bond donors (Lipinski definition) is 1. The second kappa shape index (κ2) is 3.08. The SMILES string of the molecule is CC1CC(CC(C)(C)C)C(=O)N1. The van der Waals surface area contributed by atoms with Crippen LogP contribution < -0.4 is 5.32 Å². The molecule has 2 heteroatoms. The molecule has 1 aliphatic rings. The Morgan fingerprint density at radius 1 is 1.50 bits per heavy atom. The predicted octanol–water partition coefficient (Wildman–Crippen LogP) is 1.95. The van der Waals surface area contributed by atoms with Crippen LogP contribution in [0.2, 0.25) is 0 Å². The van der Waals surface area contributed by atoms with Crippen molar-refractivity contribution >= 4 is 5.91 Å². The van der Waals surface area contributed by atoms with E-state index in [4.69, 9.17) is 0 Å². The quantitative estimate of drug-likeness (QED) is 0.638. The lowest BCUT2D eigenvalue weighted by Gasteiger charge is -2.20. The predicted molar refractivity (Wildman–Crippen MR) is 49.8 cm³/mol. The van der Waals surface area contributed by atoms with Crippen LogP contribution in [0.25, 0.3) is 0 Å². The maximum Gasteiger partial charge on any atom is 0.223 e. The first kappa shape index (κ1) is 9.56. The number of hydrogen-bond acceptors (Lipinski definition) is 1. The number of amides is 1. The average Bonchev–Trinajstić information content (AvgIpc) is 2.06. The van der Waals surface area contributed by atoms with Gasteiger partial charge in [-0.15, -0.1) is 0 Å². The number of carbonyl (C=O) groups is 1. The highest BCUT2D eigenvalue weighted by Gasteiger charge is 2.32. The Morgan fingerprint density at radius 3 is 2.42 bits per heavy atom. The molecule has 0 saturated carbocycles. The molecule has 1 heterocycles. The fourth-order valence-electron chi connectivity index (χ4n) is 1.87. The number of nitrogens with one attached hydrogen (secondary N) is 1. The van der Waals surface area contributed by atoms with Crippen molar-refractivity contribution in [2.75, 3.05) is 0 Å². The van der Waals surface area contributed by atoms with Gasteiger partial charge in [0, 0.05) is 12.0 Å². The van der Waals surface area contributed by atoms with Crippen LogP contribution in [0.15, 0.2) is 0 Å². The highest BCUT2D eigenvalue weighted by Crippen LogP contribution is 2.29. The molecule has 2 nitrogen and oxygen atoms in total. The molecule has 0 aromatic carbocycles. The molecule has 0 aromatic heterocycles. The molecule has 1 saturated heterocycles. The minimum Gasteiger partial charge on any atom is -0.353 e. The van der Waals surface area contributed by atoms with Crippen molar-refractivity contribution in [1.29, 1.82) is 0 Å². The van der Waals surface area contributed by atoms with Crippen LogP contribution in [-0.4, -0.2) is 11.9 Å². The van der Waals surface area contributed by atoms with Crippen molar-refractivity contribution in [3.8, 4) is 0 Å². The molecule has 1 fully saturated rings. The monoisotopic (exact) mass is 169 g/mol. The van der Waals surface area contributed by atoms with Crippen LogP contribution in [-0.2, 0) is 4.79 Å². The molecule has 0 aliphatic carbocycles. The standard InChI is InChI=1S/C10H19NO/c1-7-5-8(9(12)11-7)6-10(2,3)4/h7-8H,5-6H2,1-4H3,(H,11,12). The molecule has 0 aromatic rings. The number of rotatable bonds is 1. The van der Waals surface area contributed by atoms with Gasteiger partial charge in [-0.05, 0) is 25.2 Å². The number of carbonyl (C=O) groups excluding carboxylic acids is 1. The lowest BCUT2D eigenvalue weighted by atomic mass is 9.83. The van der Waals surface area contributed by atoms with Gasteiger partial charge in [0.05, 0.1) is 0 Å². The minimum absolute atomic E-state index is 0.248. The van der Waals surface area contributed by atoms with Gasteiger partial charge in [0.1, 0.15) is 0 Å². The Bertz CT molecular complexity index is 181. The third-order valence-corrected chi connectivity index (χ3v) is 2.26. The van der Waals surface area contributed by atoms with Gasteiger partial charge < -0.3 is 5.32 Å². The second-order valence-electron chi connectivity index (χ2n) is 5.11. The molecular formula is C10H19NO. The van der Waals surface area contributed by atoms with Gasteiger partial charge >= 0.3 is 0 Å². The molecule has 0 bridgehead atoms. The topological polar surface area (TPSA) is 29.1 Å². The van der Waals surface area contributed by atoms with E-state index in [0.717, 1.165) is 12.8 Å². The Balaban J connectivity index is 2.49. The first-order valence-electron chi connectivity index (χ1n) is 4.69. The summed E-state index contributed by atoms with van der Waals surface area (Å²) in [5.41, 5.74) is 0.270.